The third kappa shape index (κ3) is 4.29. The minimum Gasteiger partial charge on any atom is -0.503 e. The van der Waals surface area contributed by atoms with Crippen LogP contribution in [0.4, 0.5) is 11.4 Å². The highest BCUT2D eigenvalue weighted by Crippen LogP contribution is 2.41. The Morgan fingerprint density at radius 1 is 1.03 bits per heavy atom. The fourth-order valence-electron chi connectivity index (χ4n) is 3.82. The third-order valence-electron chi connectivity index (χ3n) is 5.40. The number of nitro groups is 1. The number of hydrogen-bond donors (Lipinski definition) is 1. The van der Waals surface area contributed by atoms with Crippen LogP contribution in [0, 0.1) is 17.0 Å². The Kier molecular flexibility index (Phi) is 5.87. The zero-order valence-electron chi connectivity index (χ0n) is 17.7. The van der Waals surface area contributed by atoms with Crippen molar-refractivity contribution in [2.24, 2.45) is 0 Å². The summed E-state index contributed by atoms with van der Waals surface area (Å²) < 4.78 is 0. The van der Waals surface area contributed by atoms with Gasteiger partial charge in [0.05, 0.1) is 16.5 Å². The highest BCUT2D eigenvalue weighted by atomic mass is 16.6. The minimum absolute atomic E-state index is 0.0810. The second-order valence-corrected chi connectivity index (χ2v) is 7.64. The Hall–Kier alpha value is -4.52. The summed E-state index contributed by atoms with van der Waals surface area (Å²) in [4.78, 5) is 38.2. The quantitative estimate of drug-likeness (QED) is 0.327. The molecule has 3 aromatic carbocycles. The van der Waals surface area contributed by atoms with Crippen LogP contribution in [0.5, 0.6) is 0 Å². The molecule has 7 heteroatoms. The van der Waals surface area contributed by atoms with Crippen LogP contribution in [0.1, 0.15) is 22.7 Å². The topological polar surface area (TPSA) is 101 Å². The van der Waals surface area contributed by atoms with Gasteiger partial charge in [-0.05, 0) is 54.0 Å². The van der Waals surface area contributed by atoms with Gasteiger partial charge in [0.1, 0.15) is 0 Å². The van der Waals surface area contributed by atoms with Crippen LogP contribution in [-0.2, 0) is 9.59 Å². The Morgan fingerprint density at radius 2 is 1.73 bits per heavy atom. The van der Waals surface area contributed by atoms with Crippen molar-refractivity contribution >= 4 is 29.1 Å². The van der Waals surface area contributed by atoms with E-state index >= 15 is 0 Å². The number of carbonyl (C=O) groups is 2. The van der Waals surface area contributed by atoms with Crippen molar-refractivity contribution in [1.82, 2.24) is 0 Å². The number of nitro benzene ring substituents is 1. The summed E-state index contributed by atoms with van der Waals surface area (Å²) in [7, 11) is 0. The van der Waals surface area contributed by atoms with Gasteiger partial charge >= 0.3 is 0 Å². The number of non-ortho nitro benzene ring substituents is 1. The van der Waals surface area contributed by atoms with Gasteiger partial charge in [0.25, 0.3) is 11.6 Å². The van der Waals surface area contributed by atoms with Gasteiger partial charge in [-0.25, -0.2) is 0 Å². The van der Waals surface area contributed by atoms with Crippen LogP contribution in [0.2, 0.25) is 0 Å². The molecular formula is C26H20N2O5. The van der Waals surface area contributed by atoms with Crippen molar-refractivity contribution in [1.29, 1.82) is 0 Å². The summed E-state index contributed by atoms with van der Waals surface area (Å²) in [6, 6.07) is 21.0. The number of aliphatic hydroxyl groups excluding tert-OH is 1. The maximum atomic E-state index is 13.2. The van der Waals surface area contributed by atoms with Crippen molar-refractivity contribution in [3.63, 3.8) is 0 Å². The fraction of sp³-hybridized carbons (Fsp3) is 0.0769. The second kappa shape index (κ2) is 8.92. The van der Waals surface area contributed by atoms with E-state index in [-0.39, 0.29) is 11.3 Å². The van der Waals surface area contributed by atoms with Crippen molar-refractivity contribution in [2.45, 2.75) is 13.0 Å². The largest absolute Gasteiger partial charge is 0.503 e. The van der Waals surface area contributed by atoms with Crippen molar-refractivity contribution in [3.05, 3.63) is 123 Å². The molecule has 7 nitrogen and oxygen atoms in total. The second-order valence-electron chi connectivity index (χ2n) is 7.64. The maximum absolute atomic E-state index is 13.2. The van der Waals surface area contributed by atoms with E-state index in [9.17, 15) is 24.8 Å². The van der Waals surface area contributed by atoms with Gasteiger partial charge in [-0.2, -0.15) is 0 Å². The first kappa shape index (κ1) is 21.7. The van der Waals surface area contributed by atoms with Gasteiger partial charge in [0.15, 0.2) is 11.5 Å². The summed E-state index contributed by atoms with van der Waals surface area (Å²) in [5.41, 5.74) is 2.46. The number of rotatable bonds is 6. The number of aryl methyl sites for hydroxylation is 1. The lowest BCUT2D eigenvalue weighted by Crippen LogP contribution is -2.31. The predicted molar refractivity (Wildman–Crippen MR) is 125 cm³/mol. The molecular weight excluding hydrogens is 420 g/mol. The van der Waals surface area contributed by atoms with E-state index in [2.05, 4.69) is 0 Å². The van der Waals surface area contributed by atoms with Crippen molar-refractivity contribution in [2.75, 3.05) is 4.90 Å². The smallest absolute Gasteiger partial charge is 0.294 e. The van der Waals surface area contributed by atoms with E-state index in [0.29, 0.717) is 11.3 Å². The molecule has 0 bridgehead atoms. The van der Waals surface area contributed by atoms with Crippen LogP contribution in [-0.4, -0.2) is 21.7 Å². The minimum atomic E-state index is -0.937. The third-order valence-corrected chi connectivity index (χ3v) is 5.40. The molecule has 1 N–H and O–H groups in total. The molecule has 1 aliphatic rings. The molecule has 1 unspecified atom stereocenters. The number of amides is 1. The summed E-state index contributed by atoms with van der Waals surface area (Å²) in [5, 5.41) is 21.8. The Balaban J connectivity index is 1.80. The summed E-state index contributed by atoms with van der Waals surface area (Å²) in [6.07, 6.45) is 2.92. The van der Waals surface area contributed by atoms with Gasteiger partial charge in [0, 0.05) is 17.8 Å². The molecule has 1 heterocycles. The molecule has 0 radical (unpaired) electrons. The van der Waals surface area contributed by atoms with Crippen LogP contribution in [0.15, 0.2) is 96.3 Å². The predicted octanol–water partition coefficient (Wildman–Crippen LogP) is 5.09. The summed E-state index contributed by atoms with van der Waals surface area (Å²) in [5.74, 6) is -1.87. The summed E-state index contributed by atoms with van der Waals surface area (Å²) in [6.45, 7) is 1.87. The lowest BCUT2D eigenvalue weighted by molar-refractivity contribution is -0.384. The van der Waals surface area contributed by atoms with E-state index in [0.717, 1.165) is 11.1 Å². The lowest BCUT2D eigenvalue weighted by atomic mass is 9.95. The monoisotopic (exact) mass is 440 g/mol. The molecule has 4 rings (SSSR count). The maximum Gasteiger partial charge on any atom is 0.294 e. The van der Waals surface area contributed by atoms with E-state index in [1.807, 2.05) is 43.3 Å². The number of carbonyl (C=O) groups excluding carboxylic acids is 2. The first-order chi connectivity index (χ1) is 15.9. The lowest BCUT2D eigenvalue weighted by Gasteiger charge is -2.27. The molecule has 1 amide bonds. The molecule has 0 saturated carbocycles. The number of aliphatic hydroxyl groups is 1. The van der Waals surface area contributed by atoms with Crippen molar-refractivity contribution < 1.29 is 19.6 Å². The highest BCUT2D eigenvalue weighted by Gasteiger charge is 2.43. The molecule has 0 spiro atoms. The number of benzene rings is 3. The van der Waals surface area contributed by atoms with Crippen LogP contribution < -0.4 is 4.90 Å². The average Bonchev–Trinajstić information content (AvgIpc) is 3.09. The molecule has 33 heavy (non-hydrogen) atoms. The molecule has 0 saturated heterocycles. The average molecular weight is 440 g/mol. The van der Waals surface area contributed by atoms with Gasteiger partial charge in [-0.3, -0.25) is 24.6 Å². The van der Waals surface area contributed by atoms with E-state index in [1.54, 1.807) is 24.3 Å². The van der Waals surface area contributed by atoms with E-state index < -0.39 is 28.4 Å². The Morgan fingerprint density at radius 3 is 2.36 bits per heavy atom. The number of anilines is 1. The first-order valence-corrected chi connectivity index (χ1v) is 10.2. The molecule has 3 aromatic rings. The fourth-order valence-corrected chi connectivity index (χ4v) is 3.82. The molecule has 0 fully saturated rings. The standard InChI is InChI=1S/C26H20N2O5/c1-17-6-5-9-21(16-17)27-24(19-11-13-20(14-12-19)28(32)33)23(25(30)26(27)31)22(29)15-10-18-7-3-2-4-8-18/h2-16,24,30H,1H3. The Bertz CT molecular complexity index is 1290. The van der Waals surface area contributed by atoms with Gasteiger partial charge in [-0.15, -0.1) is 0 Å². The normalized spacial score (nSPS) is 16.0. The number of allylic oxidation sites excluding steroid dienone is 1. The highest BCUT2D eigenvalue weighted by molar-refractivity contribution is 6.19. The first-order valence-electron chi connectivity index (χ1n) is 10.2. The molecule has 164 valence electrons. The van der Waals surface area contributed by atoms with Gasteiger partial charge < -0.3 is 5.11 Å². The van der Waals surface area contributed by atoms with Gasteiger partial charge in [0.2, 0.25) is 0 Å². The van der Waals surface area contributed by atoms with Crippen LogP contribution >= 0.6 is 0 Å². The van der Waals surface area contributed by atoms with Crippen molar-refractivity contribution in [3.8, 4) is 0 Å². The SMILES string of the molecule is Cc1cccc(N2C(=O)C(O)=C(C(=O)C=Cc3ccccc3)C2c2ccc([N+](=O)[O-])cc2)c1. The van der Waals surface area contributed by atoms with Crippen LogP contribution in [0.25, 0.3) is 6.08 Å². The van der Waals surface area contributed by atoms with E-state index in [1.165, 1.54) is 35.2 Å². The zero-order valence-corrected chi connectivity index (χ0v) is 17.7. The number of nitrogens with zero attached hydrogens (tertiary/aromatic N) is 2. The number of hydrogen-bond acceptors (Lipinski definition) is 5. The molecule has 1 aliphatic heterocycles. The molecule has 1 atom stereocenters. The zero-order chi connectivity index (χ0) is 23.5. The van der Waals surface area contributed by atoms with Gasteiger partial charge in [-0.1, -0.05) is 48.5 Å². The van der Waals surface area contributed by atoms with E-state index in [4.69, 9.17) is 0 Å². The Labute approximate surface area is 190 Å². The molecule has 0 aliphatic carbocycles. The molecule has 0 aromatic heterocycles. The number of ketones is 1. The summed E-state index contributed by atoms with van der Waals surface area (Å²) >= 11 is 0. The van der Waals surface area contributed by atoms with Crippen LogP contribution in [0.3, 0.4) is 0 Å².